The van der Waals surface area contributed by atoms with Crippen molar-refractivity contribution in [3.63, 3.8) is 0 Å². The van der Waals surface area contributed by atoms with Crippen LogP contribution < -0.4 is 10.5 Å². The van der Waals surface area contributed by atoms with Crippen LogP contribution in [0.25, 0.3) is 11.2 Å². The third kappa shape index (κ3) is 3.22. The zero-order chi connectivity index (χ0) is 17.4. The van der Waals surface area contributed by atoms with E-state index in [4.69, 9.17) is 27.9 Å². The van der Waals surface area contributed by atoms with Crippen LogP contribution in [0.4, 0.5) is 5.95 Å². The van der Waals surface area contributed by atoms with E-state index in [0.717, 1.165) is 5.56 Å². The highest BCUT2D eigenvalue weighted by atomic mass is 35.5. The van der Waals surface area contributed by atoms with Crippen molar-refractivity contribution in [2.75, 3.05) is 31.2 Å². The van der Waals surface area contributed by atoms with Crippen LogP contribution in [-0.2, 0) is 11.3 Å². The topological polar surface area (TPSA) is 76.0 Å². The van der Waals surface area contributed by atoms with E-state index >= 15 is 0 Å². The molecule has 0 atom stereocenters. The van der Waals surface area contributed by atoms with Crippen LogP contribution in [0.15, 0.2) is 29.3 Å². The van der Waals surface area contributed by atoms with Gasteiger partial charge in [0, 0.05) is 19.6 Å². The van der Waals surface area contributed by atoms with Crippen LogP contribution in [-0.4, -0.2) is 45.8 Å². The van der Waals surface area contributed by atoms with Crippen LogP contribution in [0.3, 0.4) is 0 Å². The van der Waals surface area contributed by atoms with Gasteiger partial charge in [-0.15, -0.1) is 0 Å². The molecule has 0 unspecified atom stereocenters. The lowest BCUT2D eigenvalue weighted by Gasteiger charge is -2.26. The van der Waals surface area contributed by atoms with Gasteiger partial charge in [0.25, 0.3) is 5.56 Å². The van der Waals surface area contributed by atoms with E-state index in [1.54, 1.807) is 23.0 Å². The molecule has 0 amide bonds. The van der Waals surface area contributed by atoms with Crippen molar-refractivity contribution in [1.82, 2.24) is 19.5 Å². The zero-order valence-electron chi connectivity index (χ0n) is 13.2. The first-order valence-corrected chi connectivity index (χ1v) is 8.59. The summed E-state index contributed by atoms with van der Waals surface area (Å²) in [7, 11) is 0. The Kier molecular flexibility index (Phi) is 4.37. The summed E-state index contributed by atoms with van der Waals surface area (Å²) in [6, 6.07) is 5.38. The zero-order valence-corrected chi connectivity index (χ0v) is 14.7. The van der Waals surface area contributed by atoms with E-state index in [9.17, 15) is 4.79 Å². The molecule has 3 aromatic rings. The van der Waals surface area contributed by atoms with Gasteiger partial charge in [-0.25, -0.2) is 4.98 Å². The summed E-state index contributed by atoms with van der Waals surface area (Å²) >= 11 is 12.0. The predicted octanol–water partition coefficient (Wildman–Crippen LogP) is 2.31. The van der Waals surface area contributed by atoms with E-state index in [0.29, 0.717) is 60.0 Å². The van der Waals surface area contributed by atoms with Gasteiger partial charge in [0.15, 0.2) is 11.2 Å². The van der Waals surface area contributed by atoms with E-state index in [1.165, 1.54) is 0 Å². The number of ether oxygens (including phenoxy) is 1. The Hall–Kier alpha value is -2.09. The summed E-state index contributed by atoms with van der Waals surface area (Å²) in [5.41, 5.74) is 1.56. The summed E-state index contributed by atoms with van der Waals surface area (Å²) in [4.78, 5) is 26.2. The molecule has 4 rings (SSSR count). The van der Waals surface area contributed by atoms with Crippen molar-refractivity contribution >= 4 is 40.3 Å². The van der Waals surface area contributed by atoms with Crippen LogP contribution in [0.5, 0.6) is 0 Å². The second-order valence-electron chi connectivity index (χ2n) is 5.78. The third-order valence-electron chi connectivity index (χ3n) is 4.12. The van der Waals surface area contributed by atoms with Crippen LogP contribution >= 0.6 is 23.2 Å². The average molecular weight is 380 g/mol. The van der Waals surface area contributed by atoms with Crippen molar-refractivity contribution in [1.29, 1.82) is 0 Å². The number of hydrogen-bond donors (Lipinski definition) is 1. The number of aromatic amines is 1. The second-order valence-corrected chi connectivity index (χ2v) is 6.60. The van der Waals surface area contributed by atoms with Gasteiger partial charge >= 0.3 is 0 Å². The molecule has 0 spiro atoms. The lowest BCUT2D eigenvalue weighted by molar-refractivity contribution is 0.122. The molecular weight excluding hydrogens is 365 g/mol. The largest absolute Gasteiger partial charge is 0.378 e. The van der Waals surface area contributed by atoms with Crippen molar-refractivity contribution in [3.05, 3.63) is 50.5 Å². The Balaban J connectivity index is 1.69. The van der Waals surface area contributed by atoms with Gasteiger partial charge in [0.2, 0.25) is 5.95 Å². The first-order chi connectivity index (χ1) is 12.1. The molecule has 1 fully saturated rings. The van der Waals surface area contributed by atoms with Gasteiger partial charge in [0.05, 0.1) is 29.6 Å². The normalized spacial score (nSPS) is 15.0. The molecule has 25 heavy (non-hydrogen) atoms. The first-order valence-electron chi connectivity index (χ1n) is 7.83. The molecule has 1 aliphatic heterocycles. The number of morpholine rings is 1. The van der Waals surface area contributed by atoms with E-state index in [-0.39, 0.29) is 5.56 Å². The molecule has 0 radical (unpaired) electrons. The summed E-state index contributed by atoms with van der Waals surface area (Å²) in [6.45, 7) is 3.08. The molecule has 2 aromatic heterocycles. The molecule has 0 aliphatic carbocycles. The smallest absolute Gasteiger partial charge is 0.278 e. The van der Waals surface area contributed by atoms with Crippen LogP contribution in [0, 0.1) is 0 Å². The monoisotopic (exact) mass is 379 g/mol. The quantitative estimate of drug-likeness (QED) is 0.755. The average Bonchev–Trinajstić information content (AvgIpc) is 3.02. The number of fused-ring (bicyclic) bond motifs is 1. The van der Waals surface area contributed by atoms with Gasteiger partial charge < -0.3 is 14.2 Å². The molecule has 130 valence electrons. The number of halogens is 2. The highest BCUT2D eigenvalue weighted by Crippen LogP contribution is 2.23. The minimum absolute atomic E-state index is 0.218. The molecule has 0 saturated carbocycles. The maximum atomic E-state index is 12.6. The highest BCUT2D eigenvalue weighted by molar-refractivity contribution is 6.42. The van der Waals surface area contributed by atoms with Crippen molar-refractivity contribution in [2.24, 2.45) is 0 Å². The maximum absolute atomic E-state index is 12.6. The Labute approximate surface area is 153 Å². The maximum Gasteiger partial charge on any atom is 0.278 e. The SMILES string of the molecule is O=c1[nH]c(N2CCOCC2)nc2ncn(Cc3ccc(Cl)c(Cl)c3)c12. The van der Waals surface area contributed by atoms with Gasteiger partial charge in [-0.3, -0.25) is 9.78 Å². The molecule has 0 bridgehead atoms. The molecule has 1 aliphatic rings. The van der Waals surface area contributed by atoms with E-state index in [1.807, 2.05) is 11.0 Å². The summed E-state index contributed by atoms with van der Waals surface area (Å²) in [5, 5.41) is 0.973. The minimum atomic E-state index is -0.218. The Morgan fingerprint density at radius 2 is 2.00 bits per heavy atom. The standard InChI is InChI=1S/C16H15Cl2N5O2/c17-11-2-1-10(7-12(11)18)8-23-9-19-14-13(23)15(24)21-16(20-14)22-3-5-25-6-4-22/h1-2,7,9H,3-6,8H2,(H,20,21,24). The van der Waals surface area contributed by atoms with Crippen molar-refractivity contribution in [3.8, 4) is 0 Å². The fourth-order valence-corrected chi connectivity index (χ4v) is 3.17. The molecule has 9 heteroatoms. The summed E-state index contributed by atoms with van der Waals surface area (Å²) in [6.07, 6.45) is 1.61. The number of hydrogen-bond acceptors (Lipinski definition) is 5. The number of H-pyrrole nitrogens is 1. The fourth-order valence-electron chi connectivity index (χ4n) is 2.85. The van der Waals surface area contributed by atoms with Crippen molar-refractivity contribution in [2.45, 2.75) is 6.54 Å². The van der Waals surface area contributed by atoms with E-state index < -0.39 is 0 Å². The van der Waals surface area contributed by atoms with Crippen LogP contribution in [0.2, 0.25) is 10.0 Å². The number of benzene rings is 1. The Morgan fingerprint density at radius 3 is 2.76 bits per heavy atom. The fraction of sp³-hybridized carbons (Fsp3) is 0.312. The lowest BCUT2D eigenvalue weighted by atomic mass is 10.2. The third-order valence-corrected chi connectivity index (χ3v) is 4.86. The molecule has 7 nitrogen and oxygen atoms in total. The number of rotatable bonds is 3. The number of imidazole rings is 1. The second kappa shape index (κ2) is 6.67. The van der Waals surface area contributed by atoms with Crippen molar-refractivity contribution < 1.29 is 4.74 Å². The molecular formula is C16H15Cl2N5O2. The molecule has 1 N–H and O–H groups in total. The van der Waals surface area contributed by atoms with Gasteiger partial charge in [-0.1, -0.05) is 29.3 Å². The highest BCUT2D eigenvalue weighted by Gasteiger charge is 2.17. The number of anilines is 1. The lowest BCUT2D eigenvalue weighted by Crippen LogP contribution is -2.38. The Morgan fingerprint density at radius 1 is 1.20 bits per heavy atom. The van der Waals surface area contributed by atoms with Gasteiger partial charge in [-0.2, -0.15) is 4.98 Å². The van der Waals surface area contributed by atoms with Crippen LogP contribution in [0.1, 0.15) is 5.56 Å². The predicted molar refractivity (Wildman–Crippen MR) is 96.7 cm³/mol. The number of aromatic nitrogens is 4. The molecule has 1 saturated heterocycles. The van der Waals surface area contributed by atoms with Gasteiger partial charge in [-0.05, 0) is 17.7 Å². The number of nitrogens with zero attached hydrogens (tertiary/aromatic N) is 4. The van der Waals surface area contributed by atoms with Gasteiger partial charge in [0.1, 0.15) is 0 Å². The molecule has 3 heterocycles. The summed E-state index contributed by atoms with van der Waals surface area (Å²) in [5.74, 6) is 0.528. The molecule has 1 aromatic carbocycles. The first kappa shape index (κ1) is 16.4. The Bertz CT molecular complexity index is 978. The van der Waals surface area contributed by atoms with E-state index in [2.05, 4.69) is 15.0 Å². The number of nitrogens with one attached hydrogen (secondary N) is 1. The summed E-state index contributed by atoms with van der Waals surface area (Å²) < 4.78 is 7.08. The minimum Gasteiger partial charge on any atom is -0.378 e.